The van der Waals surface area contributed by atoms with E-state index in [1.54, 1.807) is 44.1 Å². The zero-order valence-corrected chi connectivity index (χ0v) is 17.5. The first-order valence-corrected chi connectivity index (χ1v) is 9.77. The molecule has 0 atom stereocenters. The summed E-state index contributed by atoms with van der Waals surface area (Å²) in [6.45, 7) is 1.66. The maximum absolute atomic E-state index is 14.4. The van der Waals surface area contributed by atoms with Crippen molar-refractivity contribution >= 4 is 35.4 Å². The van der Waals surface area contributed by atoms with Crippen LogP contribution in [0.3, 0.4) is 0 Å². The standard InChI is InChI=1S/C22H24FN5O3/c1-13-9-18(23)17(11-19(13)26-20(29)14-7-8-14)22(31)25-16-6-4-5-15(10-16)21(30)27-24-12-28(2)3/h4-6,9-12,14H,7-8H2,1-3H3,(H,25,31)(H,26,29)(H,27,30)/b24-12+. The van der Waals surface area contributed by atoms with Gasteiger partial charge in [-0.15, -0.1) is 0 Å². The molecule has 31 heavy (non-hydrogen) atoms. The third kappa shape index (κ3) is 5.88. The SMILES string of the molecule is Cc1cc(F)c(C(=O)Nc2cccc(C(=O)N/N=C/N(C)C)c2)cc1NC(=O)C1CC1. The first kappa shape index (κ1) is 21.9. The Kier molecular flexibility index (Phi) is 6.64. The Morgan fingerprint density at radius 2 is 1.84 bits per heavy atom. The number of hydrogen-bond donors (Lipinski definition) is 3. The zero-order valence-electron chi connectivity index (χ0n) is 17.5. The monoisotopic (exact) mass is 425 g/mol. The molecule has 0 heterocycles. The van der Waals surface area contributed by atoms with Crippen LogP contribution in [-0.2, 0) is 4.79 Å². The number of rotatable bonds is 7. The second kappa shape index (κ2) is 9.38. The van der Waals surface area contributed by atoms with Crippen molar-refractivity contribution in [1.29, 1.82) is 0 Å². The number of anilines is 2. The summed E-state index contributed by atoms with van der Waals surface area (Å²) in [5.74, 6) is -2.00. The lowest BCUT2D eigenvalue weighted by Gasteiger charge is -2.12. The molecule has 0 bridgehead atoms. The molecule has 0 aliphatic heterocycles. The molecule has 1 saturated carbocycles. The summed E-state index contributed by atoms with van der Waals surface area (Å²) in [7, 11) is 3.53. The summed E-state index contributed by atoms with van der Waals surface area (Å²) in [4.78, 5) is 38.5. The van der Waals surface area contributed by atoms with E-state index in [1.165, 1.54) is 24.5 Å². The average molecular weight is 425 g/mol. The third-order valence-electron chi connectivity index (χ3n) is 4.60. The van der Waals surface area contributed by atoms with Crippen LogP contribution in [0.1, 0.15) is 39.1 Å². The van der Waals surface area contributed by atoms with Gasteiger partial charge in [0.25, 0.3) is 11.8 Å². The topological polar surface area (TPSA) is 103 Å². The lowest BCUT2D eigenvalue weighted by Crippen LogP contribution is -2.21. The second-order valence-corrected chi connectivity index (χ2v) is 7.59. The number of hydrogen-bond acceptors (Lipinski definition) is 4. The lowest BCUT2D eigenvalue weighted by molar-refractivity contribution is -0.117. The summed E-state index contributed by atoms with van der Waals surface area (Å²) < 4.78 is 14.4. The molecule has 162 valence electrons. The minimum atomic E-state index is -0.702. The number of nitrogens with one attached hydrogen (secondary N) is 3. The van der Waals surface area contributed by atoms with E-state index in [0.29, 0.717) is 16.9 Å². The molecule has 0 spiro atoms. The number of nitrogens with zero attached hydrogens (tertiary/aromatic N) is 2. The van der Waals surface area contributed by atoms with Crippen LogP contribution in [0.2, 0.25) is 0 Å². The fourth-order valence-corrected chi connectivity index (χ4v) is 2.77. The van der Waals surface area contributed by atoms with Crippen LogP contribution in [0.5, 0.6) is 0 Å². The van der Waals surface area contributed by atoms with Crippen molar-refractivity contribution in [3.8, 4) is 0 Å². The van der Waals surface area contributed by atoms with Gasteiger partial charge in [0.05, 0.1) is 5.56 Å². The van der Waals surface area contributed by atoms with Gasteiger partial charge in [0.1, 0.15) is 12.2 Å². The van der Waals surface area contributed by atoms with Gasteiger partial charge in [0.2, 0.25) is 5.91 Å². The number of amides is 3. The maximum Gasteiger partial charge on any atom is 0.271 e. The van der Waals surface area contributed by atoms with Crippen molar-refractivity contribution in [2.24, 2.45) is 11.0 Å². The summed E-state index contributed by atoms with van der Waals surface area (Å²) in [6.07, 6.45) is 3.11. The van der Waals surface area contributed by atoms with Crippen LogP contribution in [0.15, 0.2) is 41.5 Å². The summed E-state index contributed by atoms with van der Waals surface area (Å²) in [5.41, 5.74) is 3.68. The van der Waals surface area contributed by atoms with Crippen molar-refractivity contribution in [3.05, 3.63) is 58.9 Å². The summed E-state index contributed by atoms with van der Waals surface area (Å²) >= 11 is 0. The van der Waals surface area contributed by atoms with Crippen LogP contribution in [0.25, 0.3) is 0 Å². The van der Waals surface area contributed by atoms with E-state index in [0.717, 1.165) is 12.8 Å². The lowest BCUT2D eigenvalue weighted by atomic mass is 10.1. The highest BCUT2D eigenvalue weighted by Gasteiger charge is 2.30. The normalized spacial score (nSPS) is 13.0. The van der Waals surface area contributed by atoms with E-state index < -0.39 is 17.6 Å². The van der Waals surface area contributed by atoms with Crippen LogP contribution in [-0.4, -0.2) is 43.1 Å². The molecule has 3 amide bonds. The smallest absolute Gasteiger partial charge is 0.271 e. The van der Waals surface area contributed by atoms with Gasteiger partial charge in [0, 0.05) is 37.0 Å². The Morgan fingerprint density at radius 3 is 2.52 bits per heavy atom. The van der Waals surface area contributed by atoms with Crippen LogP contribution < -0.4 is 16.1 Å². The molecule has 3 N–H and O–H groups in total. The molecule has 1 aliphatic carbocycles. The van der Waals surface area contributed by atoms with Gasteiger partial charge in [-0.3, -0.25) is 14.4 Å². The molecule has 0 unspecified atom stereocenters. The number of benzene rings is 2. The highest BCUT2D eigenvalue weighted by molar-refractivity contribution is 6.06. The molecule has 0 radical (unpaired) electrons. The van der Waals surface area contributed by atoms with Crippen molar-refractivity contribution in [3.63, 3.8) is 0 Å². The van der Waals surface area contributed by atoms with E-state index in [9.17, 15) is 18.8 Å². The molecule has 1 aliphatic rings. The molecular weight excluding hydrogens is 401 g/mol. The van der Waals surface area contributed by atoms with Gasteiger partial charge in [0.15, 0.2) is 0 Å². The average Bonchev–Trinajstić information content (AvgIpc) is 3.55. The minimum Gasteiger partial charge on any atom is -0.367 e. The van der Waals surface area contributed by atoms with E-state index >= 15 is 0 Å². The maximum atomic E-state index is 14.4. The molecule has 2 aromatic carbocycles. The molecule has 9 heteroatoms. The highest BCUT2D eigenvalue weighted by atomic mass is 19.1. The fourth-order valence-electron chi connectivity index (χ4n) is 2.77. The third-order valence-corrected chi connectivity index (χ3v) is 4.60. The quantitative estimate of drug-likeness (QED) is 0.360. The highest BCUT2D eigenvalue weighted by Crippen LogP contribution is 2.31. The number of carbonyl (C=O) groups is 3. The van der Waals surface area contributed by atoms with Gasteiger partial charge in [-0.25, -0.2) is 9.82 Å². The van der Waals surface area contributed by atoms with Crippen molar-refractivity contribution in [2.75, 3.05) is 24.7 Å². The molecule has 0 saturated heterocycles. The van der Waals surface area contributed by atoms with Gasteiger partial charge in [-0.2, -0.15) is 5.10 Å². The summed E-state index contributed by atoms with van der Waals surface area (Å²) in [5, 5.41) is 9.13. The Hall–Kier alpha value is -3.75. The first-order chi connectivity index (χ1) is 14.7. The summed E-state index contributed by atoms with van der Waals surface area (Å²) in [6, 6.07) is 8.73. The first-order valence-electron chi connectivity index (χ1n) is 9.77. The minimum absolute atomic E-state index is 0.0160. The van der Waals surface area contributed by atoms with Crippen molar-refractivity contribution < 1.29 is 18.8 Å². The van der Waals surface area contributed by atoms with E-state index in [4.69, 9.17) is 0 Å². The van der Waals surface area contributed by atoms with Crippen LogP contribution in [0, 0.1) is 18.7 Å². The zero-order chi connectivity index (χ0) is 22.5. The fraction of sp³-hybridized carbons (Fsp3) is 0.273. The molecule has 1 fully saturated rings. The van der Waals surface area contributed by atoms with Gasteiger partial charge >= 0.3 is 0 Å². The largest absolute Gasteiger partial charge is 0.367 e. The van der Waals surface area contributed by atoms with Crippen molar-refractivity contribution in [1.82, 2.24) is 10.3 Å². The van der Waals surface area contributed by atoms with Gasteiger partial charge in [-0.1, -0.05) is 6.07 Å². The number of carbonyl (C=O) groups excluding carboxylic acids is 3. The molecule has 3 rings (SSSR count). The molecular formula is C22H24FN5O3. The number of hydrazone groups is 1. The molecule has 0 aromatic heterocycles. The van der Waals surface area contributed by atoms with Crippen LogP contribution >= 0.6 is 0 Å². The second-order valence-electron chi connectivity index (χ2n) is 7.59. The Labute approximate surface area is 179 Å². The Bertz CT molecular complexity index is 1050. The van der Waals surface area contributed by atoms with Crippen LogP contribution in [0.4, 0.5) is 15.8 Å². The predicted molar refractivity (Wildman–Crippen MR) is 117 cm³/mol. The number of halogens is 1. The van der Waals surface area contributed by atoms with Crippen molar-refractivity contribution in [2.45, 2.75) is 19.8 Å². The Balaban J connectivity index is 1.73. The Morgan fingerprint density at radius 1 is 1.10 bits per heavy atom. The van der Waals surface area contributed by atoms with E-state index in [-0.39, 0.29) is 23.0 Å². The van der Waals surface area contributed by atoms with Gasteiger partial charge < -0.3 is 15.5 Å². The molecule has 8 nitrogen and oxygen atoms in total. The number of aryl methyl sites for hydroxylation is 1. The van der Waals surface area contributed by atoms with E-state index in [2.05, 4.69) is 21.2 Å². The molecule has 2 aromatic rings. The predicted octanol–water partition coefficient (Wildman–Crippen LogP) is 2.97. The van der Waals surface area contributed by atoms with E-state index in [1.807, 2.05) is 0 Å². The van der Waals surface area contributed by atoms with Gasteiger partial charge in [-0.05, 0) is 55.7 Å².